The molecule has 0 saturated heterocycles. The van der Waals surface area contributed by atoms with Crippen LogP contribution in [0.4, 0.5) is 10.5 Å². The highest BCUT2D eigenvalue weighted by molar-refractivity contribution is 5.87. The van der Waals surface area contributed by atoms with E-state index in [0.29, 0.717) is 6.04 Å². The summed E-state index contributed by atoms with van der Waals surface area (Å²) in [7, 11) is 0. The molecular formula is C17H27N3O. The highest BCUT2D eigenvalue weighted by Crippen LogP contribution is 2.28. The molecule has 1 saturated carbocycles. The number of amides is 2. The zero-order valence-corrected chi connectivity index (χ0v) is 13.1. The fourth-order valence-corrected chi connectivity index (χ4v) is 3.20. The van der Waals surface area contributed by atoms with Crippen LogP contribution in [0.15, 0.2) is 24.3 Å². The maximum atomic E-state index is 10.8. The number of rotatable bonds is 5. The lowest BCUT2D eigenvalue weighted by Gasteiger charge is -2.28. The van der Waals surface area contributed by atoms with E-state index in [9.17, 15) is 4.79 Å². The maximum Gasteiger partial charge on any atom is 0.316 e. The molecule has 1 aliphatic carbocycles. The van der Waals surface area contributed by atoms with Gasteiger partial charge in [0.15, 0.2) is 0 Å². The number of urea groups is 1. The van der Waals surface area contributed by atoms with E-state index in [0.717, 1.165) is 24.1 Å². The van der Waals surface area contributed by atoms with Gasteiger partial charge in [0.05, 0.1) is 0 Å². The zero-order valence-electron chi connectivity index (χ0n) is 13.1. The van der Waals surface area contributed by atoms with Crippen LogP contribution >= 0.6 is 0 Å². The first kappa shape index (κ1) is 15.8. The summed E-state index contributed by atoms with van der Waals surface area (Å²) < 4.78 is 0. The molecule has 4 N–H and O–H groups in total. The van der Waals surface area contributed by atoms with Crippen LogP contribution in [0.1, 0.15) is 51.1 Å². The van der Waals surface area contributed by atoms with Crippen LogP contribution in [0.2, 0.25) is 0 Å². The van der Waals surface area contributed by atoms with Crippen molar-refractivity contribution in [3.63, 3.8) is 0 Å². The van der Waals surface area contributed by atoms with E-state index in [4.69, 9.17) is 5.73 Å². The topological polar surface area (TPSA) is 67.2 Å². The van der Waals surface area contributed by atoms with Crippen LogP contribution in [0.5, 0.6) is 0 Å². The normalized spacial score (nSPS) is 23.5. The molecule has 116 valence electrons. The average Bonchev–Trinajstić information content (AvgIpc) is 2.45. The fraction of sp³-hybridized carbons (Fsp3) is 0.588. The highest BCUT2D eigenvalue weighted by atomic mass is 16.2. The van der Waals surface area contributed by atoms with E-state index in [-0.39, 0.29) is 0 Å². The monoisotopic (exact) mass is 289 g/mol. The Balaban J connectivity index is 1.82. The number of benzene rings is 1. The van der Waals surface area contributed by atoms with Crippen molar-refractivity contribution in [1.82, 2.24) is 5.32 Å². The van der Waals surface area contributed by atoms with E-state index in [1.54, 1.807) is 0 Å². The van der Waals surface area contributed by atoms with Gasteiger partial charge in [0.2, 0.25) is 0 Å². The molecule has 0 heterocycles. The average molecular weight is 289 g/mol. The number of carbonyl (C=O) groups is 1. The van der Waals surface area contributed by atoms with Gasteiger partial charge in [-0.25, -0.2) is 4.79 Å². The molecule has 2 rings (SSSR count). The summed E-state index contributed by atoms with van der Waals surface area (Å²) in [5.41, 5.74) is 7.07. The summed E-state index contributed by atoms with van der Waals surface area (Å²) in [5.74, 6) is 1.69. The summed E-state index contributed by atoms with van der Waals surface area (Å²) >= 11 is 0. The number of hydrogen-bond donors (Lipinski definition) is 3. The minimum absolute atomic E-state index is 0.324. The van der Waals surface area contributed by atoms with Crippen molar-refractivity contribution < 1.29 is 4.79 Å². The molecule has 1 aliphatic rings. The third-order valence-corrected chi connectivity index (χ3v) is 4.44. The molecule has 21 heavy (non-hydrogen) atoms. The molecule has 0 aromatic heterocycles. The second-order valence-electron chi connectivity index (χ2n) is 6.38. The Kier molecular flexibility index (Phi) is 5.62. The predicted molar refractivity (Wildman–Crippen MR) is 87.2 cm³/mol. The van der Waals surface area contributed by atoms with Crippen LogP contribution in [0, 0.1) is 11.8 Å². The van der Waals surface area contributed by atoms with Crippen molar-refractivity contribution in [2.45, 2.75) is 45.6 Å². The minimum Gasteiger partial charge on any atom is -0.351 e. The Bertz CT molecular complexity index is 458. The number of hydrogen-bond acceptors (Lipinski definition) is 2. The van der Waals surface area contributed by atoms with Crippen LogP contribution in [-0.2, 0) is 0 Å². The van der Waals surface area contributed by atoms with Crippen molar-refractivity contribution in [2.75, 3.05) is 11.9 Å². The quantitative estimate of drug-likeness (QED) is 0.774. The molecule has 3 atom stereocenters. The van der Waals surface area contributed by atoms with Gasteiger partial charge in [-0.1, -0.05) is 31.9 Å². The number of nitrogens with two attached hydrogens (primary N) is 1. The first-order valence-electron chi connectivity index (χ1n) is 7.94. The first-order valence-corrected chi connectivity index (χ1v) is 7.94. The minimum atomic E-state index is -0.527. The lowest BCUT2D eigenvalue weighted by atomic mass is 9.82. The van der Waals surface area contributed by atoms with Gasteiger partial charge in [0.25, 0.3) is 0 Å². The third kappa shape index (κ3) is 5.05. The van der Waals surface area contributed by atoms with Crippen molar-refractivity contribution in [3.8, 4) is 0 Å². The van der Waals surface area contributed by atoms with E-state index in [1.807, 2.05) is 24.3 Å². The largest absolute Gasteiger partial charge is 0.351 e. The predicted octanol–water partition coefficient (Wildman–Crippen LogP) is 3.65. The Hall–Kier alpha value is -1.55. The molecule has 1 aromatic carbocycles. The van der Waals surface area contributed by atoms with E-state index in [2.05, 4.69) is 24.5 Å². The Morgan fingerprint density at radius 2 is 2.05 bits per heavy atom. The van der Waals surface area contributed by atoms with E-state index in [1.165, 1.54) is 31.2 Å². The molecule has 0 spiro atoms. The molecule has 0 bridgehead atoms. The van der Waals surface area contributed by atoms with Gasteiger partial charge >= 0.3 is 6.03 Å². The van der Waals surface area contributed by atoms with Crippen molar-refractivity contribution in [2.24, 2.45) is 17.6 Å². The third-order valence-electron chi connectivity index (χ3n) is 4.44. The van der Waals surface area contributed by atoms with Crippen LogP contribution in [0.3, 0.4) is 0 Å². The fourth-order valence-electron chi connectivity index (χ4n) is 3.20. The number of nitrogens with one attached hydrogen (secondary N) is 2. The summed E-state index contributed by atoms with van der Waals surface area (Å²) in [6, 6.07) is 7.64. The Labute approximate surface area is 127 Å². The number of anilines is 1. The SMILES string of the molecule is CC1CCCC(CNC(C)c2ccc(NC(N)=O)cc2)C1. The van der Waals surface area contributed by atoms with Crippen molar-refractivity contribution in [3.05, 3.63) is 29.8 Å². The Morgan fingerprint density at radius 3 is 2.67 bits per heavy atom. The molecule has 3 unspecified atom stereocenters. The second-order valence-corrected chi connectivity index (χ2v) is 6.38. The van der Waals surface area contributed by atoms with Crippen LogP contribution < -0.4 is 16.4 Å². The highest BCUT2D eigenvalue weighted by Gasteiger charge is 2.19. The molecule has 2 amide bonds. The maximum absolute atomic E-state index is 10.8. The standard InChI is InChI=1S/C17H27N3O/c1-12-4-3-5-14(10-12)11-19-13(2)15-6-8-16(9-7-15)20-17(18)21/h6-9,12-14,19H,3-5,10-11H2,1-2H3,(H3,18,20,21). The Morgan fingerprint density at radius 1 is 1.33 bits per heavy atom. The first-order chi connectivity index (χ1) is 10.0. The van der Waals surface area contributed by atoms with Crippen molar-refractivity contribution >= 4 is 11.7 Å². The van der Waals surface area contributed by atoms with Crippen LogP contribution in [-0.4, -0.2) is 12.6 Å². The van der Waals surface area contributed by atoms with E-state index < -0.39 is 6.03 Å². The van der Waals surface area contributed by atoms with E-state index >= 15 is 0 Å². The lowest BCUT2D eigenvalue weighted by molar-refractivity contribution is 0.259. The van der Waals surface area contributed by atoms with Gasteiger partial charge in [-0.2, -0.15) is 0 Å². The van der Waals surface area contributed by atoms with Gasteiger partial charge in [0, 0.05) is 11.7 Å². The number of carbonyl (C=O) groups excluding carboxylic acids is 1. The van der Waals surface area contributed by atoms with Crippen LogP contribution in [0.25, 0.3) is 0 Å². The summed E-state index contributed by atoms with van der Waals surface area (Å²) in [6.45, 7) is 5.63. The molecule has 4 nitrogen and oxygen atoms in total. The van der Waals surface area contributed by atoms with Crippen molar-refractivity contribution in [1.29, 1.82) is 0 Å². The lowest BCUT2D eigenvalue weighted by Crippen LogP contribution is -2.28. The van der Waals surface area contributed by atoms with Gasteiger partial charge in [-0.05, 0) is 55.8 Å². The van der Waals surface area contributed by atoms with Gasteiger partial charge in [0.1, 0.15) is 0 Å². The van der Waals surface area contributed by atoms with Gasteiger partial charge in [-0.15, -0.1) is 0 Å². The molecule has 1 aromatic rings. The van der Waals surface area contributed by atoms with Gasteiger partial charge < -0.3 is 16.4 Å². The molecular weight excluding hydrogens is 262 g/mol. The molecule has 1 fully saturated rings. The molecule has 0 radical (unpaired) electrons. The number of primary amides is 1. The zero-order chi connectivity index (χ0) is 15.2. The van der Waals surface area contributed by atoms with Gasteiger partial charge in [-0.3, -0.25) is 0 Å². The smallest absolute Gasteiger partial charge is 0.316 e. The summed E-state index contributed by atoms with van der Waals surface area (Å²) in [6.07, 6.45) is 5.46. The summed E-state index contributed by atoms with van der Waals surface area (Å²) in [5, 5.41) is 6.22. The molecule has 0 aliphatic heterocycles. The summed E-state index contributed by atoms with van der Waals surface area (Å²) in [4.78, 5) is 10.8. The second kappa shape index (κ2) is 7.46. The molecule has 4 heteroatoms.